The number of anilines is 1. The molecule has 2 aromatic heterocycles. The van der Waals surface area contributed by atoms with Crippen LogP contribution in [0.4, 0.5) is 5.13 Å². The zero-order valence-electron chi connectivity index (χ0n) is 8.24. The quantitative estimate of drug-likeness (QED) is 0.940. The van der Waals surface area contributed by atoms with Crippen LogP contribution in [0.3, 0.4) is 0 Å². The fourth-order valence-corrected chi connectivity index (χ4v) is 3.28. The van der Waals surface area contributed by atoms with Gasteiger partial charge in [0.25, 0.3) is 0 Å². The van der Waals surface area contributed by atoms with Crippen LogP contribution in [-0.4, -0.2) is 11.5 Å². The molecule has 1 N–H and O–H groups in total. The summed E-state index contributed by atoms with van der Waals surface area (Å²) in [6, 6.07) is 4.19. The zero-order chi connectivity index (χ0) is 11.4. The number of thiazole rings is 1. The number of aromatic nitrogens is 1. The molecule has 0 aromatic carbocycles. The minimum atomic E-state index is 0.640. The second-order valence-corrected chi connectivity index (χ2v) is 5.99. The zero-order valence-corrected chi connectivity index (χ0v) is 11.5. The SMILES string of the molecule is N#Cc1cnc(NCCc2cc(Br)cs2)s1. The second-order valence-electron chi connectivity index (χ2n) is 3.05. The Morgan fingerprint density at radius 1 is 1.56 bits per heavy atom. The first-order chi connectivity index (χ1) is 7.78. The monoisotopic (exact) mass is 313 g/mol. The molecule has 0 fully saturated rings. The Hall–Kier alpha value is -0.900. The van der Waals surface area contributed by atoms with Gasteiger partial charge in [-0.05, 0) is 28.4 Å². The first-order valence-corrected chi connectivity index (χ1v) is 7.09. The number of hydrogen-bond acceptors (Lipinski definition) is 5. The molecule has 0 amide bonds. The van der Waals surface area contributed by atoms with Crippen LogP contribution in [0.5, 0.6) is 0 Å². The third-order valence-corrected chi connectivity index (χ3v) is 4.50. The van der Waals surface area contributed by atoms with Crippen molar-refractivity contribution in [2.75, 3.05) is 11.9 Å². The second kappa shape index (κ2) is 5.43. The lowest BCUT2D eigenvalue weighted by molar-refractivity contribution is 1.04. The number of nitrogens with one attached hydrogen (secondary N) is 1. The number of halogens is 1. The molecule has 0 spiro atoms. The lowest BCUT2D eigenvalue weighted by Crippen LogP contribution is -2.02. The van der Waals surface area contributed by atoms with Crippen LogP contribution in [0.1, 0.15) is 9.75 Å². The molecule has 0 saturated heterocycles. The summed E-state index contributed by atoms with van der Waals surface area (Å²) in [6.07, 6.45) is 2.56. The van der Waals surface area contributed by atoms with Crippen molar-refractivity contribution in [3.05, 3.63) is 31.9 Å². The first-order valence-electron chi connectivity index (χ1n) is 4.60. The number of rotatable bonds is 4. The molecule has 0 bridgehead atoms. The normalized spacial score (nSPS) is 10.0. The van der Waals surface area contributed by atoms with E-state index in [1.807, 2.05) is 0 Å². The Balaban J connectivity index is 1.82. The Bertz CT molecular complexity index is 512. The molecule has 0 atom stereocenters. The third-order valence-electron chi connectivity index (χ3n) is 1.89. The number of nitrogens with zero attached hydrogens (tertiary/aromatic N) is 2. The summed E-state index contributed by atoms with van der Waals surface area (Å²) in [4.78, 5) is 6.07. The molecule has 0 aliphatic carbocycles. The molecule has 2 heterocycles. The lowest BCUT2D eigenvalue weighted by Gasteiger charge is -1.99. The van der Waals surface area contributed by atoms with Gasteiger partial charge in [0.05, 0.1) is 6.20 Å². The van der Waals surface area contributed by atoms with Crippen molar-refractivity contribution in [3.8, 4) is 6.07 Å². The van der Waals surface area contributed by atoms with E-state index in [9.17, 15) is 0 Å². The lowest BCUT2D eigenvalue weighted by atomic mass is 10.3. The third kappa shape index (κ3) is 3.04. The summed E-state index contributed by atoms with van der Waals surface area (Å²) in [5.41, 5.74) is 0. The Morgan fingerprint density at radius 3 is 3.06 bits per heavy atom. The van der Waals surface area contributed by atoms with Crippen LogP contribution < -0.4 is 5.32 Å². The predicted octanol–water partition coefficient (Wildman–Crippen LogP) is 3.49. The van der Waals surface area contributed by atoms with Gasteiger partial charge in [-0.15, -0.1) is 11.3 Å². The summed E-state index contributed by atoms with van der Waals surface area (Å²) in [5, 5.41) is 14.7. The van der Waals surface area contributed by atoms with E-state index in [0.717, 1.165) is 22.6 Å². The minimum absolute atomic E-state index is 0.640. The smallest absolute Gasteiger partial charge is 0.183 e. The highest BCUT2D eigenvalue weighted by Crippen LogP contribution is 2.21. The maximum atomic E-state index is 8.65. The molecule has 0 unspecified atom stereocenters. The van der Waals surface area contributed by atoms with Crippen LogP contribution in [0.15, 0.2) is 22.1 Å². The molecule has 2 rings (SSSR count). The van der Waals surface area contributed by atoms with E-state index < -0.39 is 0 Å². The topological polar surface area (TPSA) is 48.7 Å². The summed E-state index contributed by atoms with van der Waals surface area (Å²) >= 11 is 6.55. The number of thiophene rings is 1. The van der Waals surface area contributed by atoms with Gasteiger partial charge in [-0.3, -0.25) is 0 Å². The largest absolute Gasteiger partial charge is 0.361 e. The van der Waals surface area contributed by atoms with Gasteiger partial charge in [-0.25, -0.2) is 4.98 Å². The predicted molar refractivity (Wildman–Crippen MR) is 71.0 cm³/mol. The van der Waals surface area contributed by atoms with Crippen molar-refractivity contribution in [1.29, 1.82) is 5.26 Å². The number of hydrogen-bond donors (Lipinski definition) is 1. The van der Waals surface area contributed by atoms with E-state index in [1.165, 1.54) is 16.2 Å². The Morgan fingerprint density at radius 2 is 2.44 bits per heavy atom. The highest BCUT2D eigenvalue weighted by atomic mass is 79.9. The van der Waals surface area contributed by atoms with E-state index >= 15 is 0 Å². The molecule has 0 aliphatic heterocycles. The average Bonchev–Trinajstić information content (AvgIpc) is 2.88. The van der Waals surface area contributed by atoms with Crippen LogP contribution in [0.25, 0.3) is 0 Å². The molecule has 2 aromatic rings. The Kier molecular flexibility index (Phi) is 3.93. The van der Waals surface area contributed by atoms with Crippen LogP contribution in [0.2, 0.25) is 0 Å². The molecular weight excluding hydrogens is 306 g/mol. The van der Waals surface area contributed by atoms with E-state index in [0.29, 0.717) is 4.88 Å². The van der Waals surface area contributed by atoms with E-state index in [4.69, 9.17) is 5.26 Å². The van der Waals surface area contributed by atoms with Gasteiger partial charge in [0.2, 0.25) is 0 Å². The van der Waals surface area contributed by atoms with Crippen LogP contribution in [-0.2, 0) is 6.42 Å². The summed E-state index contributed by atoms with van der Waals surface area (Å²) in [6.45, 7) is 0.839. The Labute approximate surface area is 110 Å². The van der Waals surface area contributed by atoms with Gasteiger partial charge < -0.3 is 5.32 Å². The van der Waals surface area contributed by atoms with Gasteiger partial charge in [0.1, 0.15) is 10.9 Å². The number of nitriles is 1. The van der Waals surface area contributed by atoms with Gasteiger partial charge in [-0.1, -0.05) is 11.3 Å². The minimum Gasteiger partial charge on any atom is -0.361 e. The summed E-state index contributed by atoms with van der Waals surface area (Å²) < 4.78 is 1.13. The van der Waals surface area contributed by atoms with E-state index in [1.54, 1.807) is 17.5 Å². The summed E-state index contributed by atoms with van der Waals surface area (Å²) in [5.74, 6) is 0. The van der Waals surface area contributed by atoms with Gasteiger partial charge in [-0.2, -0.15) is 5.26 Å². The van der Waals surface area contributed by atoms with Gasteiger partial charge >= 0.3 is 0 Å². The van der Waals surface area contributed by atoms with Gasteiger partial charge in [0, 0.05) is 21.3 Å². The molecule has 6 heteroatoms. The first kappa shape index (κ1) is 11.6. The van der Waals surface area contributed by atoms with E-state index in [-0.39, 0.29) is 0 Å². The van der Waals surface area contributed by atoms with Crippen LogP contribution in [0, 0.1) is 11.3 Å². The maximum Gasteiger partial charge on any atom is 0.183 e. The highest BCUT2D eigenvalue weighted by molar-refractivity contribution is 9.10. The average molecular weight is 314 g/mol. The molecule has 3 nitrogen and oxygen atoms in total. The molecule has 0 aliphatic rings. The van der Waals surface area contributed by atoms with Crippen molar-refractivity contribution in [2.45, 2.75) is 6.42 Å². The van der Waals surface area contributed by atoms with Gasteiger partial charge in [0.15, 0.2) is 5.13 Å². The molecule has 0 radical (unpaired) electrons. The van der Waals surface area contributed by atoms with Crippen molar-refractivity contribution in [2.24, 2.45) is 0 Å². The molecule has 82 valence electrons. The van der Waals surface area contributed by atoms with Crippen molar-refractivity contribution in [3.63, 3.8) is 0 Å². The fraction of sp³-hybridized carbons (Fsp3) is 0.200. The summed E-state index contributed by atoms with van der Waals surface area (Å²) in [7, 11) is 0. The molecule has 0 saturated carbocycles. The molecule has 16 heavy (non-hydrogen) atoms. The fourth-order valence-electron chi connectivity index (χ4n) is 1.19. The van der Waals surface area contributed by atoms with Crippen molar-refractivity contribution >= 4 is 43.7 Å². The van der Waals surface area contributed by atoms with Crippen LogP contribution >= 0.6 is 38.6 Å². The standard InChI is InChI=1S/C10H8BrN3S2/c11-7-3-8(15-6-7)1-2-13-10-14-5-9(4-12)16-10/h3,5-6H,1-2H2,(H,13,14). The maximum absolute atomic E-state index is 8.65. The molecular formula is C10H8BrN3S2. The van der Waals surface area contributed by atoms with Crippen molar-refractivity contribution in [1.82, 2.24) is 4.98 Å². The van der Waals surface area contributed by atoms with Crippen molar-refractivity contribution < 1.29 is 0 Å². The van der Waals surface area contributed by atoms with E-state index in [2.05, 4.69) is 43.7 Å². The highest BCUT2D eigenvalue weighted by Gasteiger charge is 2.01.